The third-order valence-corrected chi connectivity index (χ3v) is 4.00. The highest BCUT2D eigenvalue weighted by atomic mass is 35.5. The first-order valence-electron chi connectivity index (χ1n) is 7.22. The number of hydrogen-bond donors (Lipinski definition) is 1. The van der Waals surface area contributed by atoms with Crippen LogP contribution in [0.4, 0.5) is 4.39 Å². The topological polar surface area (TPSA) is 12.0 Å². The number of aryl methyl sites for hydroxylation is 1. The van der Waals surface area contributed by atoms with Gasteiger partial charge in [-0.3, -0.25) is 0 Å². The number of halogens is 2. The molecular formula is C18H21ClFN. The average molecular weight is 306 g/mol. The minimum absolute atomic E-state index is 0.162. The van der Waals surface area contributed by atoms with Gasteiger partial charge in [0.15, 0.2) is 0 Å². The first-order valence-corrected chi connectivity index (χ1v) is 7.60. The van der Waals surface area contributed by atoms with Crippen LogP contribution in [-0.4, -0.2) is 13.6 Å². The molecule has 1 atom stereocenters. The van der Waals surface area contributed by atoms with Gasteiger partial charge in [0, 0.05) is 5.02 Å². The fourth-order valence-corrected chi connectivity index (χ4v) is 2.76. The molecule has 0 aliphatic carbocycles. The van der Waals surface area contributed by atoms with Crippen molar-refractivity contribution in [3.05, 3.63) is 70.0 Å². The second-order valence-corrected chi connectivity index (χ2v) is 5.97. The monoisotopic (exact) mass is 305 g/mol. The van der Waals surface area contributed by atoms with Crippen molar-refractivity contribution in [1.29, 1.82) is 0 Å². The van der Waals surface area contributed by atoms with Crippen LogP contribution in [0.15, 0.2) is 42.5 Å². The maximum absolute atomic E-state index is 13.4. The van der Waals surface area contributed by atoms with Crippen LogP contribution in [0.2, 0.25) is 5.02 Å². The molecule has 0 aliphatic heterocycles. The van der Waals surface area contributed by atoms with E-state index < -0.39 is 0 Å². The van der Waals surface area contributed by atoms with Crippen LogP contribution in [0.3, 0.4) is 0 Å². The normalized spacial score (nSPS) is 12.4. The van der Waals surface area contributed by atoms with Crippen LogP contribution in [0.1, 0.15) is 16.7 Å². The molecule has 21 heavy (non-hydrogen) atoms. The molecule has 1 nitrogen and oxygen atoms in total. The van der Waals surface area contributed by atoms with Crippen LogP contribution >= 0.6 is 11.6 Å². The minimum Gasteiger partial charge on any atom is -0.319 e. The third-order valence-electron chi connectivity index (χ3n) is 3.75. The Kier molecular flexibility index (Phi) is 5.77. The Hall–Kier alpha value is -1.38. The highest BCUT2D eigenvalue weighted by molar-refractivity contribution is 6.30. The molecule has 0 fully saturated rings. The van der Waals surface area contributed by atoms with Gasteiger partial charge in [0.25, 0.3) is 0 Å². The summed E-state index contributed by atoms with van der Waals surface area (Å²) in [5.74, 6) is 0.266. The standard InChI is InChI=1S/C18H21ClFN/c1-13-3-8-18(20)11-16(13)10-15(12-21-2)9-14-4-6-17(19)7-5-14/h3-8,11,15,21H,9-10,12H2,1-2H3. The van der Waals surface area contributed by atoms with Gasteiger partial charge in [-0.15, -0.1) is 0 Å². The molecule has 3 heteroatoms. The summed E-state index contributed by atoms with van der Waals surface area (Å²) in [5, 5.41) is 3.99. The van der Waals surface area contributed by atoms with E-state index in [1.54, 1.807) is 6.07 Å². The lowest BCUT2D eigenvalue weighted by Gasteiger charge is -2.18. The molecule has 2 rings (SSSR count). The fraction of sp³-hybridized carbons (Fsp3) is 0.333. The Morgan fingerprint density at radius 1 is 1.10 bits per heavy atom. The molecule has 0 heterocycles. The van der Waals surface area contributed by atoms with Crippen molar-refractivity contribution in [3.8, 4) is 0 Å². The molecule has 1 N–H and O–H groups in total. The molecule has 0 amide bonds. The van der Waals surface area contributed by atoms with Gasteiger partial charge in [0.05, 0.1) is 0 Å². The quantitative estimate of drug-likeness (QED) is 0.833. The number of hydrogen-bond acceptors (Lipinski definition) is 1. The lowest BCUT2D eigenvalue weighted by molar-refractivity contribution is 0.490. The van der Waals surface area contributed by atoms with Crippen LogP contribution in [-0.2, 0) is 12.8 Å². The van der Waals surface area contributed by atoms with E-state index in [4.69, 9.17) is 11.6 Å². The molecule has 112 valence electrons. The van der Waals surface area contributed by atoms with Crippen LogP contribution in [0.5, 0.6) is 0 Å². The largest absolute Gasteiger partial charge is 0.319 e. The summed E-state index contributed by atoms with van der Waals surface area (Å²) in [5.41, 5.74) is 3.49. The molecule has 0 spiro atoms. The molecule has 2 aromatic rings. The molecule has 0 aliphatic rings. The summed E-state index contributed by atoms with van der Waals surface area (Å²) in [6, 6.07) is 13.0. The average Bonchev–Trinajstić information content (AvgIpc) is 2.45. The number of rotatable bonds is 6. The van der Waals surface area contributed by atoms with Crippen molar-refractivity contribution in [2.75, 3.05) is 13.6 Å². The zero-order chi connectivity index (χ0) is 15.2. The highest BCUT2D eigenvalue weighted by Crippen LogP contribution is 2.19. The predicted molar refractivity (Wildman–Crippen MR) is 87.4 cm³/mol. The minimum atomic E-state index is -0.162. The number of nitrogens with one attached hydrogen (secondary N) is 1. The van der Waals surface area contributed by atoms with Crippen LogP contribution in [0, 0.1) is 18.7 Å². The molecule has 0 aromatic heterocycles. The summed E-state index contributed by atoms with van der Waals surface area (Å²) in [6.07, 6.45) is 1.82. The van der Waals surface area contributed by atoms with Gasteiger partial charge in [-0.05, 0) is 80.2 Å². The predicted octanol–water partition coefficient (Wildman–Crippen LogP) is 4.41. The second-order valence-electron chi connectivity index (χ2n) is 5.53. The van der Waals surface area contributed by atoms with Gasteiger partial charge in [-0.25, -0.2) is 4.39 Å². The Morgan fingerprint density at radius 3 is 2.48 bits per heavy atom. The Labute approximate surface area is 131 Å². The van der Waals surface area contributed by atoms with E-state index in [2.05, 4.69) is 17.4 Å². The molecule has 0 bridgehead atoms. The van der Waals surface area contributed by atoms with Crippen molar-refractivity contribution in [3.63, 3.8) is 0 Å². The van der Waals surface area contributed by atoms with Crippen molar-refractivity contribution < 1.29 is 4.39 Å². The van der Waals surface area contributed by atoms with E-state index in [1.165, 1.54) is 11.6 Å². The molecular weight excluding hydrogens is 285 g/mol. The summed E-state index contributed by atoms with van der Waals surface area (Å²) in [7, 11) is 1.95. The molecule has 1 unspecified atom stereocenters. The van der Waals surface area contributed by atoms with Gasteiger partial charge in [0.1, 0.15) is 5.82 Å². The SMILES string of the molecule is CNCC(Cc1ccc(Cl)cc1)Cc1cc(F)ccc1C. The Morgan fingerprint density at radius 2 is 1.81 bits per heavy atom. The smallest absolute Gasteiger partial charge is 0.123 e. The van der Waals surface area contributed by atoms with E-state index in [0.29, 0.717) is 5.92 Å². The molecule has 0 saturated heterocycles. The van der Waals surface area contributed by atoms with Crippen molar-refractivity contribution >= 4 is 11.6 Å². The van der Waals surface area contributed by atoms with E-state index in [1.807, 2.05) is 32.2 Å². The maximum Gasteiger partial charge on any atom is 0.123 e. The van der Waals surface area contributed by atoms with Crippen molar-refractivity contribution in [2.24, 2.45) is 5.92 Å². The molecule has 0 saturated carbocycles. The van der Waals surface area contributed by atoms with Gasteiger partial charge in [-0.1, -0.05) is 29.8 Å². The summed E-state index contributed by atoms with van der Waals surface area (Å²) in [6.45, 7) is 2.94. The lowest BCUT2D eigenvalue weighted by atomic mass is 9.90. The van der Waals surface area contributed by atoms with Crippen LogP contribution < -0.4 is 5.32 Å². The lowest BCUT2D eigenvalue weighted by Crippen LogP contribution is -2.23. The fourth-order valence-electron chi connectivity index (χ4n) is 2.63. The first kappa shape index (κ1) is 16.0. The van der Waals surface area contributed by atoms with Gasteiger partial charge >= 0.3 is 0 Å². The van der Waals surface area contributed by atoms with Crippen LogP contribution in [0.25, 0.3) is 0 Å². The molecule has 0 radical (unpaired) electrons. The van der Waals surface area contributed by atoms with Gasteiger partial charge in [0.2, 0.25) is 0 Å². The highest BCUT2D eigenvalue weighted by Gasteiger charge is 2.12. The summed E-state index contributed by atoms with van der Waals surface area (Å²) >= 11 is 5.92. The maximum atomic E-state index is 13.4. The summed E-state index contributed by atoms with van der Waals surface area (Å²) < 4.78 is 13.4. The first-order chi connectivity index (χ1) is 10.1. The number of benzene rings is 2. The van der Waals surface area contributed by atoms with Gasteiger partial charge < -0.3 is 5.32 Å². The third kappa shape index (κ3) is 4.83. The van der Waals surface area contributed by atoms with E-state index >= 15 is 0 Å². The second kappa shape index (κ2) is 7.58. The van der Waals surface area contributed by atoms with E-state index in [9.17, 15) is 4.39 Å². The zero-order valence-corrected chi connectivity index (χ0v) is 13.3. The Balaban J connectivity index is 2.11. The van der Waals surface area contributed by atoms with E-state index in [0.717, 1.165) is 35.5 Å². The van der Waals surface area contributed by atoms with Gasteiger partial charge in [-0.2, -0.15) is 0 Å². The van der Waals surface area contributed by atoms with E-state index in [-0.39, 0.29) is 5.82 Å². The van der Waals surface area contributed by atoms with Crippen molar-refractivity contribution in [2.45, 2.75) is 19.8 Å². The molecule has 2 aromatic carbocycles. The summed E-state index contributed by atoms with van der Waals surface area (Å²) in [4.78, 5) is 0. The zero-order valence-electron chi connectivity index (χ0n) is 12.5. The Bertz CT molecular complexity index is 580. The van der Waals surface area contributed by atoms with Crippen molar-refractivity contribution in [1.82, 2.24) is 5.32 Å².